The zero-order chi connectivity index (χ0) is 21.8. The van der Waals surface area contributed by atoms with Gasteiger partial charge in [0.15, 0.2) is 0 Å². The fraction of sp³-hybridized carbons (Fsp3) is 0.238. The van der Waals surface area contributed by atoms with Gasteiger partial charge in [-0.2, -0.15) is 0 Å². The molecule has 3 heterocycles. The van der Waals surface area contributed by atoms with E-state index in [1.165, 1.54) is 24.4 Å². The maximum atomic E-state index is 13.4. The van der Waals surface area contributed by atoms with Crippen LogP contribution in [0.4, 0.5) is 9.18 Å². The first kappa shape index (κ1) is 20.5. The van der Waals surface area contributed by atoms with Crippen LogP contribution in [0.2, 0.25) is 0 Å². The van der Waals surface area contributed by atoms with Crippen LogP contribution >= 0.6 is 0 Å². The normalized spacial score (nSPS) is 13.8. The molecule has 160 valence electrons. The smallest absolute Gasteiger partial charge is 0.391 e. The highest BCUT2D eigenvalue weighted by atomic mass is 19.1. The lowest BCUT2D eigenvalue weighted by Crippen LogP contribution is -2.42. The maximum absolute atomic E-state index is 13.4. The van der Waals surface area contributed by atoms with Gasteiger partial charge in [-0.1, -0.05) is 0 Å². The minimum atomic E-state index is -0.987. The van der Waals surface area contributed by atoms with Crippen molar-refractivity contribution >= 4 is 12.0 Å². The summed E-state index contributed by atoms with van der Waals surface area (Å²) in [5.74, 6) is -0.425. The molecule has 0 aliphatic carbocycles. The quantitative estimate of drug-likeness (QED) is 0.670. The highest BCUT2D eigenvalue weighted by Crippen LogP contribution is 2.32. The number of amides is 2. The monoisotopic (exact) mass is 425 g/mol. The summed E-state index contributed by atoms with van der Waals surface area (Å²) in [7, 11) is 0. The molecule has 0 bridgehead atoms. The summed E-state index contributed by atoms with van der Waals surface area (Å²) < 4.78 is 25.3. The van der Waals surface area contributed by atoms with Crippen LogP contribution in [0.25, 0.3) is 22.5 Å². The average molecular weight is 425 g/mol. The summed E-state index contributed by atoms with van der Waals surface area (Å²) in [5.41, 5.74) is 7.52. The molecule has 0 unspecified atom stereocenters. The zero-order valence-corrected chi connectivity index (χ0v) is 16.5. The van der Waals surface area contributed by atoms with Crippen LogP contribution < -0.4 is 10.5 Å². The number of primary amides is 1. The van der Waals surface area contributed by atoms with Gasteiger partial charge in [0.25, 0.3) is 0 Å². The molecule has 31 heavy (non-hydrogen) atoms. The number of halogens is 1. The molecule has 0 atom stereocenters. The Balaban J connectivity index is 1.74. The topological polar surface area (TPSA) is 113 Å². The summed E-state index contributed by atoms with van der Waals surface area (Å²) in [6.07, 6.45) is 2.03. The van der Waals surface area contributed by atoms with E-state index in [9.17, 15) is 14.0 Å². The lowest BCUT2D eigenvalue weighted by atomic mass is 10.1. The number of nitrogens with two attached hydrogens (primary N) is 1. The third kappa shape index (κ3) is 4.69. The predicted octanol–water partition coefficient (Wildman–Crippen LogP) is 2.07. The van der Waals surface area contributed by atoms with Gasteiger partial charge in [0.05, 0.1) is 30.9 Å². The van der Waals surface area contributed by atoms with Gasteiger partial charge in [0.1, 0.15) is 12.4 Å². The van der Waals surface area contributed by atoms with Crippen LogP contribution in [0.1, 0.15) is 0 Å². The van der Waals surface area contributed by atoms with E-state index in [1.54, 1.807) is 34.0 Å². The Kier molecular flexibility index (Phi) is 5.89. The lowest BCUT2D eigenvalue weighted by molar-refractivity contribution is -0.135. The molecule has 3 aromatic rings. The summed E-state index contributed by atoms with van der Waals surface area (Å²) >= 11 is 0. The lowest BCUT2D eigenvalue weighted by Gasteiger charge is -2.27. The number of morpholine rings is 1. The number of hydrogen-bond acceptors (Lipinski definition) is 6. The van der Waals surface area contributed by atoms with Gasteiger partial charge in [-0.05, 0) is 30.3 Å². The van der Waals surface area contributed by atoms with Crippen molar-refractivity contribution in [2.75, 3.05) is 26.3 Å². The van der Waals surface area contributed by atoms with E-state index in [-0.39, 0.29) is 24.1 Å². The Hall–Kier alpha value is -3.79. The molecule has 2 N–H and O–H groups in total. The van der Waals surface area contributed by atoms with Crippen molar-refractivity contribution in [2.45, 2.75) is 6.54 Å². The largest absolute Gasteiger partial charge is 0.411 e. The SMILES string of the molecule is NC(=O)Oc1cc(-c2c(-c3ccc(F)cc3)ncn2CC(=O)N2CCOCC2)ccn1. The van der Waals surface area contributed by atoms with Gasteiger partial charge < -0.3 is 24.7 Å². The van der Waals surface area contributed by atoms with Crippen molar-refractivity contribution in [3.63, 3.8) is 0 Å². The van der Waals surface area contributed by atoms with Crippen LogP contribution in [0, 0.1) is 5.82 Å². The van der Waals surface area contributed by atoms with Crippen LogP contribution in [-0.2, 0) is 16.1 Å². The van der Waals surface area contributed by atoms with E-state index in [0.717, 1.165) is 0 Å². The molecule has 1 saturated heterocycles. The van der Waals surface area contributed by atoms with Crippen LogP contribution in [0.5, 0.6) is 5.88 Å². The summed E-state index contributed by atoms with van der Waals surface area (Å²) in [4.78, 5) is 34.1. The number of nitrogens with zero attached hydrogens (tertiary/aromatic N) is 4. The van der Waals surface area contributed by atoms with Crippen molar-refractivity contribution in [1.29, 1.82) is 0 Å². The number of ether oxygens (including phenoxy) is 2. The third-order valence-electron chi connectivity index (χ3n) is 4.84. The molecule has 1 aromatic carbocycles. The Morgan fingerprint density at radius 1 is 1.10 bits per heavy atom. The Bertz CT molecular complexity index is 1090. The Labute approximate surface area is 177 Å². The number of carbonyl (C=O) groups excluding carboxylic acids is 2. The van der Waals surface area contributed by atoms with E-state index in [4.69, 9.17) is 15.2 Å². The van der Waals surface area contributed by atoms with E-state index in [1.807, 2.05) is 0 Å². The second-order valence-corrected chi connectivity index (χ2v) is 6.87. The molecule has 0 spiro atoms. The van der Waals surface area contributed by atoms with Crippen LogP contribution in [0.15, 0.2) is 48.9 Å². The summed E-state index contributed by atoms with van der Waals surface area (Å²) in [6, 6.07) is 9.13. The third-order valence-corrected chi connectivity index (χ3v) is 4.84. The van der Waals surface area contributed by atoms with E-state index in [0.29, 0.717) is 48.8 Å². The highest BCUT2D eigenvalue weighted by molar-refractivity contribution is 5.82. The predicted molar refractivity (Wildman–Crippen MR) is 108 cm³/mol. The van der Waals surface area contributed by atoms with Gasteiger partial charge in [-0.25, -0.2) is 19.2 Å². The molecule has 0 saturated carbocycles. The molecule has 10 heteroatoms. The molecular formula is C21H20FN5O4. The van der Waals surface area contributed by atoms with E-state index < -0.39 is 6.09 Å². The molecular weight excluding hydrogens is 405 g/mol. The number of imidazole rings is 1. The first-order valence-corrected chi connectivity index (χ1v) is 9.61. The average Bonchev–Trinajstić information content (AvgIpc) is 3.18. The molecule has 9 nitrogen and oxygen atoms in total. The van der Waals surface area contributed by atoms with Gasteiger partial charge in [0.2, 0.25) is 11.8 Å². The zero-order valence-electron chi connectivity index (χ0n) is 16.5. The molecule has 4 rings (SSSR count). The van der Waals surface area contributed by atoms with Gasteiger partial charge >= 0.3 is 6.09 Å². The van der Waals surface area contributed by atoms with Crippen molar-refractivity contribution in [1.82, 2.24) is 19.4 Å². The number of benzene rings is 1. The highest BCUT2D eigenvalue weighted by Gasteiger charge is 2.22. The van der Waals surface area contributed by atoms with E-state index >= 15 is 0 Å². The second kappa shape index (κ2) is 8.92. The minimum absolute atomic E-state index is 0.0160. The number of rotatable bonds is 5. The standard InChI is InChI=1S/C21H20FN5O4/c22-16-3-1-14(2-4-16)19-20(15-5-6-24-17(11-15)31-21(23)29)27(13-25-19)12-18(28)26-7-9-30-10-8-26/h1-6,11,13H,7-10,12H2,(H2,23,29). The molecule has 0 radical (unpaired) electrons. The first-order chi connectivity index (χ1) is 15.0. The molecule has 2 amide bonds. The summed E-state index contributed by atoms with van der Waals surface area (Å²) in [6.45, 7) is 2.11. The van der Waals surface area contributed by atoms with Crippen LogP contribution in [0.3, 0.4) is 0 Å². The number of hydrogen-bond donors (Lipinski definition) is 1. The summed E-state index contributed by atoms with van der Waals surface area (Å²) in [5, 5.41) is 0. The molecule has 1 fully saturated rings. The molecule has 1 aliphatic rings. The van der Waals surface area contributed by atoms with Gasteiger partial charge in [0, 0.05) is 36.5 Å². The number of carbonyl (C=O) groups is 2. The van der Waals surface area contributed by atoms with Crippen LogP contribution in [-0.4, -0.2) is 57.7 Å². The Morgan fingerprint density at radius 2 is 1.84 bits per heavy atom. The second-order valence-electron chi connectivity index (χ2n) is 6.87. The first-order valence-electron chi connectivity index (χ1n) is 9.61. The minimum Gasteiger partial charge on any atom is -0.391 e. The van der Waals surface area contributed by atoms with Crippen molar-refractivity contribution in [3.05, 3.63) is 54.7 Å². The fourth-order valence-corrected chi connectivity index (χ4v) is 3.40. The van der Waals surface area contributed by atoms with Gasteiger partial charge in [-0.15, -0.1) is 0 Å². The van der Waals surface area contributed by atoms with Crippen molar-refractivity contribution in [3.8, 4) is 28.4 Å². The number of pyridine rings is 1. The number of aromatic nitrogens is 3. The fourth-order valence-electron chi connectivity index (χ4n) is 3.40. The molecule has 2 aromatic heterocycles. The molecule has 1 aliphatic heterocycles. The van der Waals surface area contributed by atoms with Crippen molar-refractivity contribution in [2.24, 2.45) is 5.73 Å². The van der Waals surface area contributed by atoms with E-state index in [2.05, 4.69) is 9.97 Å². The Morgan fingerprint density at radius 3 is 2.55 bits per heavy atom. The van der Waals surface area contributed by atoms with Crippen molar-refractivity contribution < 1.29 is 23.5 Å². The maximum Gasteiger partial charge on any atom is 0.411 e. The van der Waals surface area contributed by atoms with Gasteiger partial charge in [-0.3, -0.25) is 4.79 Å².